The molecule has 1 aliphatic heterocycles. The number of amides is 1. The van der Waals surface area contributed by atoms with E-state index in [1.165, 1.54) is 6.20 Å². The highest BCUT2D eigenvalue weighted by atomic mass is 16.5. The molecule has 0 radical (unpaired) electrons. The molecule has 6 heteroatoms. The number of ether oxygens (including phenoxy) is 1. The van der Waals surface area contributed by atoms with Gasteiger partial charge in [-0.1, -0.05) is 30.3 Å². The molecule has 1 saturated heterocycles. The van der Waals surface area contributed by atoms with Gasteiger partial charge in [-0.05, 0) is 31.4 Å². The van der Waals surface area contributed by atoms with Crippen LogP contribution in [0.3, 0.4) is 0 Å². The third-order valence-corrected chi connectivity index (χ3v) is 4.71. The summed E-state index contributed by atoms with van der Waals surface area (Å²) in [7, 11) is 0. The SMILES string of the molecule is CC1(C(=O)O)CCCN(C(=O)c2ccnc(OCc3ccccc3)c2)C1. The molecule has 6 nitrogen and oxygen atoms in total. The zero-order valence-electron chi connectivity index (χ0n) is 14.7. The molecule has 0 aliphatic carbocycles. The second kappa shape index (κ2) is 7.56. The lowest BCUT2D eigenvalue weighted by molar-refractivity contribution is -0.150. The average molecular weight is 354 g/mol. The van der Waals surface area contributed by atoms with Crippen LogP contribution in [-0.2, 0) is 11.4 Å². The summed E-state index contributed by atoms with van der Waals surface area (Å²) in [6, 6.07) is 12.9. The Labute approximate surface area is 152 Å². The van der Waals surface area contributed by atoms with E-state index in [1.54, 1.807) is 24.0 Å². The first-order chi connectivity index (χ1) is 12.5. The Hall–Kier alpha value is -2.89. The van der Waals surface area contributed by atoms with E-state index >= 15 is 0 Å². The number of carbonyl (C=O) groups excluding carboxylic acids is 1. The number of pyridine rings is 1. The number of aliphatic carboxylic acids is 1. The number of aromatic nitrogens is 1. The van der Waals surface area contributed by atoms with Gasteiger partial charge in [0.05, 0.1) is 5.41 Å². The molecule has 0 spiro atoms. The van der Waals surface area contributed by atoms with Gasteiger partial charge in [-0.25, -0.2) is 4.98 Å². The molecule has 1 aliphatic rings. The number of carbonyl (C=O) groups is 2. The first-order valence-corrected chi connectivity index (χ1v) is 8.63. The molecule has 1 fully saturated rings. The van der Waals surface area contributed by atoms with Crippen LogP contribution in [0, 0.1) is 5.41 Å². The minimum atomic E-state index is -0.895. The average Bonchev–Trinajstić information content (AvgIpc) is 2.67. The molecule has 0 bridgehead atoms. The Morgan fingerprint density at radius 2 is 2.04 bits per heavy atom. The summed E-state index contributed by atoms with van der Waals surface area (Å²) in [6.07, 6.45) is 2.79. The van der Waals surface area contributed by atoms with Gasteiger partial charge in [-0.3, -0.25) is 9.59 Å². The molecular weight excluding hydrogens is 332 g/mol. The highest BCUT2D eigenvalue weighted by molar-refractivity contribution is 5.95. The monoisotopic (exact) mass is 354 g/mol. The predicted octanol–water partition coefficient (Wildman–Crippen LogP) is 2.99. The number of rotatable bonds is 5. The summed E-state index contributed by atoms with van der Waals surface area (Å²) in [4.78, 5) is 30.0. The van der Waals surface area contributed by atoms with E-state index in [0.717, 1.165) is 5.56 Å². The van der Waals surface area contributed by atoms with E-state index in [2.05, 4.69) is 4.98 Å². The lowest BCUT2D eigenvalue weighted by atomic mass is 9.82. The molecule has 2 aromatic rings. The summed E-state index contributed by atoms with van der Waals surface area (Å²) >= 11 is 0. The number of benzene rings is 1. The van der Waals surface area contributed by atoms with E-state index in [4.69, 9.17) is 4.74 Å². The maximum Gasteiger partial charge on any atom is 0.311 e. The van der Waals surface area contributed by atoms with E-state index in [0.29, 0.717) is 37.4 Å². The zero-order chi connectivity index (χ0) is 18.6. The van der Waals surface area contributed by atoms with Gasteiger partial charge in [0.25, 0.3) is 5.91 Å². The minimum Gasteiger partial charge on any atom is -0.481 e. The van der Waals surface area contributed by atoms with Crippen molar-refractivity contribution in [3.05, 3.63) is 59.8 Å². The second-order valence-corrected chi connectivity index (χ2v) is 6.85. The number of carboxylic acid groups (broad SMARTS) is 1. The highest BCUT2D eigenvalue weighted by Gasteiger charge is 2.39. The normalized spacial score (nSPS) is 19.8. The number of hydrogen-bond donors (Lipinski definition) is 1. The number of nitrogens with zero attached hydrogens (tertiary/aromatic N) is 2. The summed E-state index contributed by atoms with van der Waals surface area (Å²) in [6.45, 7) is 2.83. The molecule has 1 unspecified atom stereocenters. The van der Waals surface area contributed by atoms with Crippen LogP contribution in [0.5, 0.6) is 5.88 Å². The molecule has 2 heterocycles. The van der Waals surface area contributed by atoms with E-state index in [9.17, 15) is 14.7 Å². The smallest absolute Gasteiger partial charge is 0.311 e. The van der Waals surface area contributed by atoms with Crippen molar-refractivity contribution in [2.24, 2.45) is 5.41 Å². The molecule has 0 saturated carbocycles. The van der Waals surface area contributed by atoms with Crippen LogP contribution in [0.2, 0.25) is 0 Å². The quantitative estimate of drug-likeness (QED) is 0.893. The lowest BCUT2D eigenvalue weighted by Crippen LogP contribution is -2.48. The summed E-state index contributed by atoms with van der Waals surface area (Å²) in [5, 5.41) is 9.42. The molecule has 1 aromatic heterocycles. The van der Waals surface area contributed by atoms with Gasteiger partial charge in [0, 0.05) is 30.9 Å². The minimum absolute atomic E-state index is 0.191. The third-order valence-electron chi connectivity index (χ3n) is 4.71. The van der Waals surface area contributed by atoms with Gasteiger partial charge in [-0.2, -0.15) is 0 Å². The Morgan fingerprint density at radius 3 is 2.77 bits per heavy atom. The Bertz CT molecular complexity index is 793. The maximum absolute atomic E-state index is 12.8. The van der Waals surface area contributed by atoms with Gasteiger partial charge in [-0.15, -0.1) is 0 Å². The molecule has 1 amide bonds. The molecule has 26 heavy (non-hydrogen) atoms. The number of piperidine rings is 1. The van der Waals surface area contributed by atoms with Crippen molar-refractivity contribution in [2.45, 2.75) is 26.4 Å². The van der Waals surface area contributed by atoms with Crippen molar-refractivity contribution in [3.8, 4) is 5.88 Å². The largest absolute Gasteiger partial charge is 0.481 e. The zero-order valence-corrected chi connectivity index (χ0v) is 14.7. The topological polar surface area (TPSA) is 79.7 Å². The Balaban J connectivity index is 1.69. The third kappa shape index (κ3) is 4.02. The van der Waals surface area contributed by atoms with Crippen LogP contribution in [-0.4, -0.2) is 40.0 Å². The van der Waals surface area contributed by atoms with Crippen molar-refractivity contribution >= 4 is 11.9 Å². The molecule has 1 aromatic carbocycles. The summed E-state index contributed by atoms with van der Waals surface area (Å²) in [5.41, 5.74) is 0.574. The Kier molecular flexibility index (Phi) is 5.21. The first-order valence-electron chi connectivity index (χ1n) is 8.63. The van der Waals surface area contributed by atoms with Crippen LogP contribution in [0.4, 0.5) is 0 Å². The van der Waals surface area contributed by atoms with Gasteiger partial charge in [0.15, 0.2) is 0 Å². The van der Waals surface area contributed by atoms with Crippen LogP contribution < -0.4 is 4.74 Å². The van der Waals surface area contributed by atoms with E-state index in [1.807, 2.05) is 30.3 Å². The van der Waals surface area contributed by atoms with Crippen molar-refractivity contribution in [1.82, 2.24) is 9.88 Å². The van der Waals surface area contributed by atoms with Gasteiger partial charge < -0.3 is 14.7 Å². The van der Waals surface area contributed by atoms with Crippen molar-refractivity contribution in [1.29, 1.82) is 0 Å². The second-order valence-electron chi connectivity index (χ2n) is 6.85. The van der Waals surface area contributed by atoms with Gasteiger partial charge in [0.2, 0.25) is 5.88 Å². The first kappa shape index (κ1) is 17.9. The van der Waals surface area contributed by atoms with Gasteiger partial charge in [0.1, 0.15) is 6.61 Å². The highest BCUT2D eigenvalue weighted by Crippen LogP contribution is 2.30. The van der Waals surface area contributed by atoms with E-state index in [-0.39, 0.29) is 12.5 Å². The molecular formula is C20H22N2O4. The molecule has 136 valence electrons. The lowest BCUT2D eigenvalue weighted by Gasteiger charge is -2.37. The number of likely N-dealkylation sites (tertiary alicyclic amines) is 1. The molecule has 1 N–H and O–H groups in total. The number of hydrogen-bond acceptors (Lipinski definition) is 4. The Morgan fingerprint density at radius 1 is 1.27 bits per heavy atom. The van der Waals surface area contributed by atoms with Crippen molar-refractivity contribution in [2.75, 3.05) is 13.1 Å². The van der Waals surface area contributed by atoms with Crippen LogP contribution >= 0.6 is 0 Å². The molecule has 3 rings (SSSR count). The van der Waals surface area contributed by atoms with Crippen LogP contribution in [0.1, 0.15) is 35.7 Å². The number of carboxylic acids is 1. The summed E-state index contributed by atoms with van der Waals surface area (Å²) in [5.74, 6) is -0.682. The fourth-order valence-electron chi connectivity index (χ4n) is 3.12. The van der Waals surface area contributed by atoms with Gasteiger partial charge >= 0.3 is 5.97 Å². The van der Waals surface area contributed by atoms with Crippen LogP contribution in [0.25, 0.3) is 0 Å². The predicted molar refractivity (Wildman–Crippen MR) is 95.9 cm³/mol. The van der Waals surface area contributed by atoms with Crippen molar-refractivity contribution in [3.63, 3.8) is 0 Å². The summed E-state index contributed by atoms with van der Waals surface area (Å²) < 4.78 is 5.67. The van der Waals surface area contributed by atoms with E-state index < -0.39 is 11.4 Å². The van der Waals surface area contributed by atoms with Crippen molar-refractivity contribution < 1.29 is 19.4 Å². The fraction of sp³-hybridized carbons (Fsp3) is 0.350. The molecule has 1 atom stereocenters. The van der Waals surface area contributed by atoms with Crippen LogP contribution in [0.15, 0.2) is 48.7 Å². The standard InChI is InChI=1S/C20H22N2O4/c1-20(19(24)25)9-5-11-22(14-20)18(23)16-8-10-21-17(12-16)26-13-15-6-3-2-4-7-15/h2-4,6-8,10,12H,5,9,11,13-14H2,1H3,(H,24,25). The fourth-order valence-corrected chi connectivity index (χ4v) is 3.12. The maximum atomic E-state index is 12.8.